The molecule has 0 bridgehead atoms. The zero-order chi connectivity index (χ0) is 15.6. The monoisotopic (exact) mass is 312 g/mol. The van der Waals surface area contributed by atoms with Gasteiger partial charge in [-0.3, -0.25) is 4.98 Å². The Hall–Kier alpha value is -0.980. The molecule has 0 radical (unpaired) electrons. The van der Waals surface area contributed by atoms with Gasteiger partial charge >= 0.3 is 0 Å². The normalized spacial score (nSPS) is 22.2. The van der Waals surface area contributed by atoms with Gasteiger partial charge in [0.1, 0.15) is 0 Å². The molecular formula is C15H24N2O3S. The highest BCUT2D eigenvalue weighted by Gasteiger charge is 2.28. The molecule has 0 amide bonds. The first kappa shape index (κ1) is 16.4. The molecule has 21 heavy (non-hydrogen) atoms. The lowest BCUT2D eigenvalue weighted by atomic mass is 9.91. The summed E-state index contributed by atoms with van der Waals surface area (Å²) in [4.78, 5) is 4.33. The number of rotatable bonds is 4. The van der Waals surface area contributed by atoms with Crippen molar-refractivity contribution in [3.05, 3.63) is 29.1 Å². The van der Waals surface area contributed by atoms with Crippen LogP contribution in [0.3, 0.4) is 0 Å². The van der Waals surface area contributed by atoms with Crippen molar-refractivity contribution in [1.29, 1.82) is 0 Å². The van der Waals surface area contributed by atoms with Crippen LogP contribution in [0, 0.1) is 19.8 Å². The summed E-state index contributed by atoms with van der Waals surface area (Å²) in [6, 6.07) is 2.01. The summed E-state index contributed by atoms with van der Waals surface area (Å²) in [5, 5.41) is 10.4. The maximum atomic E-state index is 11.6. The van der Waals surface area contributed by atoms with E-state index in [-0.39, 0.29) is 5.92 Å². The zero-order valence-electron chi connectivity index (χ0n) is 12.9. The highest BCUT2D eigenvalue weighted by Crippen LogP contribution is 2.29. The van der Waals surface area contributed by atoms with Crippen molar-refractivity contribution >= 4 is 10.0 Å². The van der Waals surface area contributed by atoms with Crippen molar-refractivity contribution in [2.45, 2.75) is 39.2 Å². The van der Waals surface area contributed by atoms with Crippen LogP contribution in [0.5, 0.6) is 0 Å². The first-order chi connectivity index (χ1) is 9.77. The fourth-order valence-electron chi connectivity index (χ4n) is 3.02. The van der Waals surface area contributed by atoms with Crippen molar-refractivity contribution in [2.24, 2.45) is 5.92 Å². The first-order valence-corrected chi connectivity index (χ1v) is 9.18. The van der Waals surface area contributed by atoms with Crippen LogP contribution in [0.2, 0.25) is 0 Å². The third-order valence-corrected chi connectivity index (χ3v) is 5.35. The van der Waals surface area contributed by atoms with E-state index < -0.39 is 16.1 Å². The third-order valence-electron chi connectivity index (χ3n) is 4.08. The van der Waals surface area contributed by atoms with Crippen LogP contribution in [0.15, 0.2) is 12.3 Å². The molecule has 0 saturated carbocycles. The van der Waals surface area contributed by atoms with Gasteiger partial charge in [-0.2, -0.15) is 0 Å². The number of hydrogen-bond acceptors (Lipinski definition) is 4. The molecule has 1 fully saturated rings. The number of aryl methyl sites for hydroxylation is 2. The van der Waals surface area contributed by atoms with Gasteiger partial charge in [-0.1, -0.05) is 6.07 Å². The Bertz CT molecular complexity index is 601. The highest BCUT2D eigenvalue weighted by molar-refractivity contribution is 7.88. The van der Waals surface area contributed by atoms with E-state index in [2.05, 4.69) is 4.98 Å². The number of pyridine rings is 1. The van der Waals surface area contributed by atoms with E-state index in [1.54, 1.807) is 6.20 Å². The van der Waals surface area contributed by atoms with Crippen LogP contribution < -0.4 is 0 Å². The Kier molecular flexibility index (Phi) is 5.01. The minimum absolute atomic E-state index is 0.186. The lowest BCUT2D eigenvalue weighted by Crippen LogP contribution is -2.39. The molecule has 1 aromatic rings. The lowest BCUT2D eigenvalue weighted by molar-refractivity contribution is 0.119. The van der Waals surface area contributed by atoms with Gasteiger partial charge in [0.25, 0.3) is 0 Å². The Balaban J connectivity index is 2.03. The van der Waals surface area contributed by atoms with Gasteiger partial charge in [0.2, 0.25) is 10.0 Å². The van der Waals surface area contributed by atoms with E-state index in [0.29, 0.717) is 25.2 Å². The number of hydrogen-bond donors (Lipinski definition) is 1. The second-order valence-electron chi connectivity index (χ2n) is 6.10. The van der Waals surface area contributed by atoms with Crippen LogP contribution in [-0.4, -0.2) is 42.2 Å². The number of aliphatic hydroxyl groups is 1. The van der Waals surface area contributed by atoms with E-state index in [1.807, 2.05) is 19.9 Å². The van der Waals surface area contributed by atoms with E-state index in [0.717, 1.165) is 24.0 Å². The van der Waals surface area contributed by atoms with E-state index >= 15 is 0 Å². The lowest BCUT2D eigenvalue weighted by Gasteiger charge is -2.32. The summed E-state index contributed by atoms with van der Waals surface area (Å²) in [6.45, 7) is 5.01. The summed E-state index contributed by atoms with van der Waals surface area (Å²) < 4.78 is 24.8. The summed E-state index contributed by atoms with van der Waals surface area (Å²) >= 11 is 0. The SMILES string of the molecule is Cc1cnc(C(O)CC2CCCN(S(C)(=O)=O)C2)c(C)c1. The molecule has 2 unspecified atom stereocenters. The van der Waals surface area contributed by atoms with Crippen LogP contribution >= 0.6 is 0 Å². The maximum absolute atomic E-state index is 11.6. The average molecular weight is 312 g/mol. The zero-order valence-corrected chi connectivity index (χ0v) is 13.7. The Morgan fingerprint density at radius 3 is 2.81 bits per heavy atom. The van der Waals surface area contributed by atoms with Crippen molar-refractivity contribution in [3.63, 3.8) is 0 Å². The molecule has 5 nitrogen and oxygen atoms in total. The molecule has 0 spiro atoms. The predicted molar refractivity (Wildman–Crippen MR) is 82.4 cm³/mol. The minimum Gasteiger partial charge on any atom is -0.387 e. The molecule has 1 N–H and O–H groups in total. The first-order valence-electron chi connectivity index (χ1n) is 7.33. The minimum atomic E-state index is -3.14. The molecule has 2 atom stereocenters. The number of aromatic nitrogens is 1. The summed E-state index contributed by atoms with van der Waals surface area (Å²) in [5.74, 6) is 0.186. The summed E-state index contributed by atoms with van der Waals surface area (Å²) in [7, 11) is -3.14. The van der Waals surface area contributed by atoms with Crippen molar-refractivity contribution < 1.29 is 13.5 Å². The molecule has 1 aliphatic heterocycles. The predicted octanol–water partition coefficient (Wildman–Crippen LogP) is 1.79. The number of piperidine rings is 1. The Morgan fingerprint density at radius 2 is 2.19 bits per heavy atom. The molecule has 6 heteroatoms. The number of sulfonamides is 1. The fourth-order valence-corrected chi connectivity index (χ4v) is 3.96. The largest absolute Gasteiger partial charge is 0.387 e. The van der Waals surface area contributed by atoms with Gasteiger partial charge in [0, 0.05) is 19.3 Å². The maximum Gasteiger partial charge on any atom is 0.211 e. The molecule has 1 aromatic heterocycles. The van der Waals surface area contributed by atoms with E-state index in [9.17, 15) is 13.5 Å². The molecule has 0 aromatic carbocycles. The van der Waals surface area contributed by atoms with Crippen molar-refractivity contribution in [2.75, 3.05) is 19.3 Å². The molecule has 1 saturated heterocycles. The van der Waals surface area contributed by atoms with Crippen LogP contribution in [0.25, 0.3) is 0 Å². The number of nitrogens with zero attached hydrogens (tertiary/aromatic N) is 2. The van der Waals surface area contributed by atoms with Gasteiger partial charge in [0.15, 0.2) is 0 Å². The van der Waals surface area contributed by atoms with Gasteiger partial charge in [-0.05, 0) is 50.2 Å². The molecule has 0 aliphatic carbocycles. The second kappa shape index (κ2) is 6.42. The third kappa shape index (κ3) is 4.25. The van der Waals surface area contributed by atoms with Crippen molar-refractivity contribution in [3.8, 4) is 0 Å². The topological polar surface area (TPSA) is 70.5 Å². The number of aliphatic hydroxyl groups excluding tert-OH is 1. The molecular weight excluding hydrogens is 288 g/mol. The standard InChI is InChI=1S/C15H24N2O3S/c1-11-7-12(2)15(16-9-11)14(18)8-13-5-4-6-17(10-13)21(3,19)20/h7,9,13-14,18H,4-6,8,10H2,1-3H3. The second-order valence-corrected chi connectivity index (χ2v) is 8.08. The average Bonchev–Trinajstić information content (AvgIpc) is 2.37. The van der Waals surface area contributed by atoms with Gasteiger partial charge < -0.3 is 5.11 Å². The fraction of sp³-hybridized carbons (Fsp3) is 0.667. The molecule has 2 heterocycles. The smallest absolute Gasteiger partial charge is 0.211 e. The summed E-state index contributed by atoms with van der Waals surface area (Å²) in [5.41, 5.74) is 2.76. The highest BCUT2D eigenvalue weighted by atomic mass is 32.2. The van der Waals surface area contributed by atoms with E-state index in [1.165, 1.54) is 10.6 Å². The quantitative estimate of drug-likeness (QED) is 0.920. The van der Waals surface area contributed by atoms with Crippen molar-refractivity contribution in [1.82, 2.24) is 9.29 Å². The van der Waals surface area contributed by atoms with Crippen LogP contribution in [0.1, 0.15) is 42.2 Å². The Morgan fingerprint density at radius 1 is 1.48 bits per heavy atom. The Labute approximate surface area is 127 Å². The van der Waals surface area contributed by atoms with Gasteiger partial charge in [0.05, 0.1) is 18.1 Å². The van der Waals surface area contributed by atoms with Crippen LogP contribution in [0.4, 0.5) is 0 Å². The van der Waals surface area contributed by atoms with E-state index in [4.69, 9.17) is 0 Å². The molecule has 2 rings (SSSR count). The molecule has 1 aliphatic rings. The van der Waals surface area contributed by atoms with Gasteiger partial charge in [-0.25, -0.2) is 12.7 Å². The summed E-state index contributed by atoms with van der Waals surface area (Å²) in [6.07, 6.45) is 4.74. The van der Waals surface area contributed by atoms with Crippen LogP contribution in [-0.2, 0) is 10.0 Å². The molecule has 118 valence electrons. The van der Waals surface area contributed by atoms with Gasteiger partial charge in [-0.15, -0.1) is 0 Å².